The highest BCUT2D eigenvalue weighted by Crippen LogP contribution is 2.40. The molecule has 0 amide bonds. The topological polar surface area (TPSA) is 167 Å². The van der Waals surface area contributed by atoms with Crippen LogP contribution in [0.4, 0.5) is 11.4 Å². The van der Waals surface area contributed by atoms with Crippen molar-refractivity contribution in [3.05, 3.63) is 399 Å². The van der Waals surface area contributed by atoms with Gasteiger partial charge in [-0.1, -0.05) is 264 Å². The Hall–Kier alpha value is -11.0. The van der Waals surface area contributed by atoms with Gasteiger partial charge >= 0.3 is 7.12 Å². The fourth-order valence-corrected chi connectivity index (χ4v) is 15.5. The van der Waals surface area contributed by atoms with Crippen LogP contribution in [0.15, 0.2) is 362 Å². The lowest BCUT2D eigenvalue weighted by Gasteiger charge is -2.08. The first-order valence-corrected chi connectivity index (χ1v) is 38.6. The molecular weight excluding hydrogens is 1710 g/mol. The molecule has 0 radical (unpaired) electrons. The molecule has 19 rings (SSSR count). The third-order valence-corrected chi connectivity index (χ3v) is 21.2. The molecule has 0 bridgehead atoms. The Labute approximate surface area is 674 Å². The molecule has 0 spiro atoms. The largest absolute Gasteiger partial charge is 0.488 e. The van der Waals surface area contributed by atoms with Crippen molar-refractivity contribution in [2.75, 3.05) is 0 Å². The quantitative estimate of drug-likeness (QED) is 0.0656. The number of nitro benzene ring substituents is 2. The van der Waals surface area contributed by atoms with Crippen LogP contribution in [-0.4, -0.2) is 50.7 Å². The van der Waals surface area contributed by atoms with Gasteiger partial charge in [0.2, 0.25) is 5.28 Å². The molecule has 0 saturated carbocycles. The van der Waals surface area contributed by atoms with Crippen molar-refractivity contribution in [3.8, 4) is 50.6 Å². The van der Waals surface area contributed by atoms with Crippen molar-refractivity contribution < 1.29 is 19.9 Å². The number of para-hydroxylation sites is 6. The molecule has 18 aromatic rings. The lowest BCUT2D eigenvalue weighted by atomic mass is 9.80. The molecule has 0 unspecified atom stereocenters. The Kier molecular flexibility index (Phi) is 23.4. The fourth-order valence-electron chi connectivity index (χ4n) is 13.5. The van der Waals surface area contributed by atoms with E-state index in [1.54, 1.807) is 36.5 Å². The minimum Gasteiger partial charge on any atom is -0.423 e. The van der Waals surface area contributed by atoms with Crippen LogP contribution in [-0.2, 0) is 6.42 Å². The predicted octanol–water partition coefficient (Wildman–Crippen LogP) is 25.1. The predicted molar refractivity (Wildman–Crippen MR) is 463 cm³/mol. The van der Waals surface area contributed by atoms with E-state index < -0.39 is 12.0 Å². The van der Waals surface area contributed by atoms with E-state index in [-0.39, 0.29) is 21.6 Å². The van der Waals surface area contributed by atoms with Gasteiger partial charge in [-0.15, -0.1) is 0 Å². The van der Waals surface area contributed by atoms with Crippen molar-refractivity contribution in [1.29, 1.82) is 0 Å². The molecule has 14 aromatic carbocycles. The summed E-state index contributed by atoms with van der Waals surface area (Å²) in [4.78, 5) is 28.8. The maximum Gasteiger partial charge on any atom is 0.488 e. The van der Waals surface area contributed by atoms with Crippen LogP contribution < -0.4 is 5.46 Å². The first-order chi connectivity index (χ1) is 53.0. The number of rotatable bonds is 8. The van der Waals surface area contributed by atoms with Crippen LogP contribution in [0.1, 0.15) is 11.1 Å². The van der Waals surface area contributed by atoms with Gasteiger partial charge in [-0.05, 0) is 189 Å². The van der Waals surface area contributed by atoms with Gasteiger partial charge in [-0.3, -0.25) is 20.2 Å². The number of aromatic nitrogens is 5. The summed E-state index contributed by atoms with van der Waals surface area (Å²) in [5, 5.41) is 47.7. The summed E-state index contributed by atoms with van der Waals surface area (Å²) in [5.41, 5.74) is 19.9. The summed E-state index contributed by atoms with van der Waals surface area (Å²) in [6.45, 7) is 0. The maximum atomic E-state index is 10.9. The first-order valence-electron chi connectivity index (χ1n) is 34.3. The standard InChI is InChI=1S/C22H14ClN3.C18H14BNO2.C18H12BrN.C13H9Br.C12H8BrNO2.C6H3Br2NO2/c23-22-24-13-12-19(25-22)15-10-11-18-17-8-4-5-9-20(17)26(21(18)14-15)16-6-2-1-3-7-16;21-19(22)13-10-11-16-15-8-4-5-9-17(15)20(18(16)12-13)14-6-2-1-3-7-14;19-13-10-11-16-15-8-4-5-9-17(15)20(18(16)12-13)14-6-2-1-3-7-14;14-11-5-6-13-10(8-11)7-9-3-1-2-4-12(9)13;13-10-6-7-11(12(8-10)14(15)16)9-4-2-1-3-5-9;7-4-1-2-5(8)6(3-4)9(10)11/h1-14H;1-12,21-22H;1-12H;1-6,8H,7H2;1-8H;1-3H. The Morgan fingerprint density at radius 1 is 0.358 bits per heavy atom. The van der Waals surface area contributed by atoms with Gasteiger partial charge in [0, 0.05) is 91.2 Å². The second kappa shape index (κ2) is 34.1. The van der Waals surface area contributed by atoms with Crippen LogP contribution in [0, 0.1) is 20.2 Å². The van der Waals surface area contributed by atoms with Crippen molar-refractivity contribution in [2.24, 2.45) is 0 Å². The van der Waals surface area contributed by atoms with E-state index in [1.165, 1.54) is 82.6 Å². The number of halogens is 6. The molecule has 1 aliphatic rings. The Bertz CT molecular complexity index is 6370. The van der Waals surface area contributed by atoms with E-state index in [0.717, 1.165) is 66.4 Å². The summed E-state index contributed by atoms with van der Waals surface area (Å²) in [7, 11) is -1.47. The zero-order chi connectivity index (χ0) is 75.7. The number of nitrogens with zero attached hydrogens (tertiary/aromatic N) is 7. The molecular formula is C89H60BBr5ClN7O6. The van der Waals surface area contributed by atoms with Crippen LogP contribution in [0.25, 0.3) is 116 Å². The zero-order valence-electron chi connectivity index (χ0n) is 57.5. The van der Waals surface area contributed by atoms with Gasteiger partial charge in [-0.2, -0.15) is 0 Å². The number of benzene rings is 14. The van der Waals surface area contributed by atoms with Gasteiger partial charge in [0.25, 0.3) is 11.4 Å². The van der Waals surface area contributed by atoms with Crippen LogP contribution in [0.2, 0.25) is 5.28 Å². The monoisotopic (exact) mass is 1760 g/mol. The highest BCUT2D eigenvalue weighted by molar-refractivity contribution is 9.11. The lowest BCUT2D eigenvalue weighted by Crippen LogP contribution is -2.29. The Balaban J connectivity index is 0.000000111. The van der Waals surface area contributed by atoms with Gasteiger partial charge in [0.15, 0.2) is 0 Å². The fraction of sp³-hybridized carbons (Fsp3) is 0.0112. The Morgan fingerprint density at radius 2 is 0.761 bits per heavy atom. The lowest BCUT2D eigenvalue weighted by molar-refractivity contribution is -0.385. The summed E-state index contributed by atoms with van der Waals surface area (Å²) >= 11 is 22.5. The van der Waals surface area contributed by atoms with E-state index in [0.29, 0.717) is 24.4 Å². The number of fused-ring (bicyclic) bond motifs is 12. The minimum atomic E-state index is -1.47. The average molecular weight is 1770 g/mol. The van der Waals surface area contributed by atoms with Crippen LogP contribution >= 0.6 is 91.3 Å². The van der Waals surface area contributed by atoms with Gasteiger partial charge in [0.05, 0.1) is 58.7 Å². The first kappa shape index (κ1) is 74.9. The smallest absolute Gasteiger partial charge is 0.423 e. The summed E-state index contributed by atoms with van der Waals surface area (Å²) in [6.07, 6.45) is 2.76. The molecule has 0 fully saturated rings. The SMILES string of the molecule is Brc1ccc2c(c1)Cc1ccccc1-2.Brc1ccc2c3ccccc3n(-c3ccccc3)c2c1.Clc1nccc(-c2ccc3c4ccccc4n(-c4ccccc4)c3c2)n1.O=[N+]([O-])c1cc(Br)ccc1-c1ccccc1.O=[N+]([O-])c1cc(Br)ccc1Br.OB(O)c1ccc2c3ccccc3n(-c3ccccc3)c2c1. The molecule has 0 saturated heterocycles. The molecule has 13 nitrogen and oxygen atoms in total. The molecule has 4 aromatic heterocycles. The van der Waals surface area contributed by atoms with E-state index in [4.69, 9.17) is 11.6 Å². The van der Waals surface area contributed by atoms with Crippen molar-refractivity contribution in [1.82, 2.24) is 23.7 Å². The highest BCUT2D eigenvalue weighted by Gasteiger charge is 2.21. The van der Waals surface area contributed by atoms with Gasteiger partial charge < -0.3 is 23.7 Å². The molecule has 4 heterocycles. The van der Waals surface area contributed by atoms with Crippen LogP contribution in [0.5, 0.6) is 0 Å². The van der Waals surface area contributed by atoms with Crippen molar-refractivity contribution >= 4 is 181 Å². The van der Waals surface area contributed by atoms with Crippen molar-refractivity contribution in [2.45, 2.75) is 6.42 Å². The van der Waals surface area contributed by atoms with E-state index in [9.17, 15) is 30.3 Å². The second-order valence-corrected chi connectivity index (χ2v) is 29.9. The third-order valence-electron chi connectivity index (χ3n) is 18.4. The van der Waals surface area contributed by atoms with Crippen LogP contribution in [0.3, 0.4) is 0 Å². The summed E-state index contributed by atoms with van der Waals surface area (Å²) in [5.74, 6) is 0. The zero-order valence-corrected chi connectivity index (χ0v) is 66.2. The number of hydrogen-bond donors (Lipinski definition) is 2. The highest BCUT2D eigenvalue weighted by atomic mass is 79.9. The summed E-state index contributed by atoms with van der Waals surface area (Å²) in [6, 6.07) is 111. The van der Waals surface area contributed by atoms with E-state index >= 15 is 0 Å². The second-order valence-electron chi connectivity index (χ2n) is 25.1. The molecule has 2 N–H and O–H groups in total. The molecule has 109 heavy (non-hydrogen) atoms. The van der Waals surface area contributed by atoms with E-state index in [1.807, 2.05) is 103 Å². The molecule has 0 aliphatic heterocycles. The molecule has 1 aliphatic carbocycles. The maximum absolute atomic E-state index is 10.9. The third kappa shape index (κ3) is 16.7. The van der Waals surface area contributed by atoms with Gasteiger partial charge in [-0.25, -0.2) is 9.97 Å². The number of hydrogen-bond acceptors (Lipinski definition) is 8. The normalized spacial score (nSPS) is 11.0. The average Bonchev–Trinajstić information content (AvgIpc) is 1.61. The number of nitro groups is 2. The van der Waals surface area contributed by atoms with E-state index in [2.05, 4.69) is 291 Å². The summed E-state index contributed by atoms with van der Waals surface area (Å²) < 4.78 is 10.9. The minimum absolute atomic E-state index is 0.0689. The molecule has 20 heteroatoms. The van der Waals surface area contributed by atoms with Crippen molar-refractivity contribution in [3.63, 3.8) is 0 Å². The van der Waals surface area contributed by atoms with Gasteiger partial charge in [0.1, 0.15) is 0 Å². The Morgan fingerprint density at radius 3 is 1.28 bits per heavy atom. The molecule has 0 atom stereocenters. The molecule has 532 valence electrons.